The Bertz CT molecular complexity index is 1040. The van der Waals surface area contributed by atoms with E-state index in [1.165, 1.54) is 14.2 Å². The maximum atomic E-state index is 13.1. The van der Waals surface area contributed by atoms with Crippen molar-refractivity contribution in [1.82, 2.24) is 15.5 Å². The zero-order chi connectivity index (χ0) is 29.5. The number of hydrogen-bond acceptors (Lipinski definition) is 9. The normalized spacial score (nSPS) is 14.6. The SMILES string of the molecule is C=NOC(=NC)c1ccc(OC)c(CC(=O)NC(C(=O)NC(CC(=O)O)C(=O)CN2CCC2)C(C)C)c1.CC. The quantitative estimate of drug-likeness (QED) is 0.180. The highest BCUT2D eigenvalue weighted by molar-refractivity contribution is 5.96. The Balaban J connectivity index is 0.00000371. The van der Waals surface area contributed by atoms with Gasteiger partial charge in [0, 0.05) is 24.9 Å². The Labute approximate surface area is 229 Å². The van der Waals surface area contributed by atoms with Gasteiger partial charge in [-0.05, 0) is 43.6 Å². The first-order valence-corrected chi connectivity index (χ1v) is 12.9. The second kappa shape index (κ2) is 16.9. The predicted octanol–water partition coefficient (Wildman–Crippen LogP) is 1.65. The number of carbonyl (C=O) groups excluding carboxylic acids is 3. The van der Waals surface area contributed by atoms with Crippen LogP contribution in [-0.2, 0) is 30.4 Å². The number of nitrogens with zero attached hydrogens (tertiary/aromatic N) is 3. The summed E-state index contributed by atoms with van der Waals surface area (Å²) in [7, 11) is 2.99. The highest BCUT2D eigenvalue weighted by Crippen LogP contribution is 2.22. The summed E-state index contributed by atoms with van der Waals surface area (Å²) in [6, 6.07) is 2.83. The topological polar surface area (TPSA) is 159 Å². The van der Waals surface area contributed by atoms with Crippen molar-refractivity contribution in [3.8, 4) is 5.75 Å². The number of aliphatic imine (C=N–C) groups is 1. The van der Waals surface area contributed by atoms with E-state index < -0.39 is 36.3 Å². The molecule has 12 nitrogen and oxygen atoms in total. The summed E-state index contributed by atoms with van der Waals surface area (Å²) in [5, 5.41) is 17.9. The van der Waals surface area contributed by atoms with Crippen LogP contribution in [0.15, 0.2) is 28.3 Å². The van der Waals surface area contributed by atoms with Gasteiger partial charge >= 0.3 is 5.97 Å². The molecule has 0 aromatic heterocycles. The predicted molar refractivity (Wildman–Crippen MR) is 148 cm³/mol. The number of carbonyl (C=O) groups is 4. The molecule has 2 amide bonds. The fourth-order valence-corrected chi connectivity index (χ4v) is 3.82. The zero-order valence-electron chi connectivity index (χ0n) is 23.7. The van der Waals surface area contributed by atoms with Crippen LogP contribution in [-0.4, -0.2) is 92.1 Å². The lowest BCUT2D eigenvalue weighted by molar-refractivity contribution is -0.141. The molecule has 0 aliphatic carbocycles. The summed E-state index contributed by atoms with van der Waals surface area (Å²) < 4.78 is 5.36. The lowest BCUT2D eigenvalue weighted by atomic mass is 10.00. The number of methoxy groups -OCH3 is 1. The van der Waals surface area contributed by atoms with Crippen molar-refractivity contribution in [3.05, 3.63) is 29.3 Å². The van der Waals surface area contributed by atoms with E-state index >= 15 is 0 Å². The third kappa shape index (κ3) is 10.5. The molecule has 3 N–H and O–H groups in total. The van der Waals surface area contributed by atoms with Crippen molar-refractivity contribution in [2.75, 3.05) is 33.8 Å². The summed E-state index contributed by atoms with van der Waals surface area (Å²) in [4.78, 5) is 60.9. The number of likely N-dealkylation sites (tertiary alicyclic amines) is 1. The maximum Gasteiger partial charge on any atom is 0.305 e. The highest BCUT2D eigenvalue weighted by atomic mass is 16.6. The molecule has 1 aliphatic heterocycles. The first-order chi connectivity index (χ1) is 18.6. The van der Waals surface area contributed by atoms with Crippen LogP contribution in [0.25, 0.3) is 0 Å². The number of Topliss-reactive ketones (excluding diaryl/α,β-unsaturated/α-hetero) is 1. The highest BCUT2D eigenvalue weighted by Gasteiger charge is 2.31. The van der Waals surface area contributed by atoms with Gasteiger partial charge in [-0.1, -0.05) is 32.9 Å². The smallest absolute Gasteiger partial charge is 0.305 e. The Morgan fingerprint density at radius 2 is 1.82 bits per heavy atom. The molecular weight excluding hydrogens is 506 g/mol. The summed E-state index contributed by atoms with van der Waals surface area (Å²) in [5.74, 6) is -2.36. The average molecular weight is 548 g/mol. The number of hydrogen-bond donors (Lipinski definition) is 3. The summed E-state index contributed by atoms with van der Waals surface area (Å²) >= 11 is 0. The molecule has 1 heterocycles. The van der Waals surface area contributed by atoms with Crippen molar-refractivity contribution in [2.24, 2.45) is 16.1 Å². The molecule has 39 heavy (non-hydrogen) atoms. The Kier molecular flexibility index (Phi) is 14.4. The van der Waals surface area contributed by atoms with E-state index in [1.807, 2.05) is 18.7 Å². The van der Waals surface area contributed by atoms with E-state index in [-0.39, 0.29) is 30.6 Å². The average Bonchev–Trinajstić information content (AvgIpc) is 2.88. The molecule has 2 atom stereocenters. The Morgan fingerprint density at radius 3 is 2.31 bits per heavy atom. The third-order valence-electron chi connectivity index (χ3n) is 5.91. The van der Waals surface area contributed by atoms with Gasteiger partial charge in [0.15, 0.2) is 5.78 Å². The van der Waals surface area contributed by atoms with E-state index in [0.717, 1.165) is 19.5 Å². The number of nitrogens with one attached hydrogen (secondary N) is 2. The summed E-state index contributed by atoms with van der Waals surface area (Å²) in [6.45, 7) is 12.3. The lowest BCUT2D eigenvalue weighted by Gasteiger charge is -2.31. The molecule has 1 aromatic rings. The van der Waals surface area contributed by atoms with Crippen LogP contribution >= 0.6 is 0 Å². The molecule has 0 spiro atoms. The fourth-order valence-electron chi connectivity index (χ4n) is 3.82. The molecule has 0 saturated carbocycles. The lowest BCUT2D eigenvalue weighted by Crippen LogP contribution is -2.56. The van der Waals surface area contributed by atoms with Crippen LogP contribution in [0.4, 0.5) is 0 Å². The monoisotopic (exact) mass is 547 g/mol. The molecule has 2 unspecified atom stereocenters. The second-order valence-electron chi connectivity index (χ2n) is 9.00. The number of ether oxygens (including phenoxy) is 1. The first-order valence-electron chi connectivity index (χ1n) is 12.9. The molecule has 0 radical (unpaired) electrons. The molecular formula is C27H41N5O7. The van der Waals surface area contributed by atoms with E-state index in [0.29, 0.717) is 16.9 Å². The van der Waals surface area contributed by atoms with Crippen molar-refractivity contribution in [1.29, 1.82) is 0 Å². The van der Waals surface area contributed by atoms with Gasteiger partial charge < -0.3 is 25.3 Å². The van der Waals surface area contributed by atoms with E-state index in [2.05, 4.69) is 27.5 Å². The molecule has 12 heteroatoms. The second-order valence-corrected chi connectivity index (χ2v) is 9.00. The van der Waals surface area contributed by atoms with Crippen LogP contribution in [0.5, 0.6) is 5.75 Å². The molecule has 1 fully saturated rings. The third-order valence-corrected chi connectivity index (χ3v) is 5.91. The molecule has 216 valence electrons. The number of rotatable bonds is 14. The minimum atomic E-state index is -1.20. The van der Waals surface area contributed by atoms with Crippen LogP contribution in [0, 0.1) is 5.92 Å². The van der Waals surface area contributed by atoms with E-state index in [4.69, 9.17) is 9.57 Å². The fraction of sp³-hybridized carbons (Fsp3) is 0.556. The molecule has 1 aliphatic rings. The number of aliphatic carboxylic acids is 1. The Hall–Kier alpha value is -3.80. The zero-order valence-corrected chi connectivity index (χ0v) is 23.7. The molecule has 0 bridgehead atoms. The van der Waals surface area contributed by atoms with Crippen LogP contribution in [0.2, 0.25) is 0 Å². The number of carboxylic acid groups (broad SMARTS) is 1. The van der Waals surface area contributed by atoms with Gasteiger partial charge in [-0.25, -0.2) is 0 Å². The van der Waals surface area contributed by atoms with Crippen molar-refractivity contribution in [3.63, 3.8) is 0 Å². The minimum absolute atomic E-state index is 0.0706. The van der Waals surface area contributed by atoms with Gasteiger partial charge in [0.05, 0.1) is 32.5 Å². The van der Waals surface area contributed by atoms with Crippen molar-refractivity contribution >= 4 is 36.2 Å². The summed E-state index contributed by atoms with van der Waals surface area (Å²) in [6.07, 6.45) is 0.311. The van der Waals surface area contributed by atoms with Gasteiger partial charge in [0.2, 0.25) is 11.8 Å². The van der Waals surface area contributed by atoms with Gasteiger partial charge in [-0.2, -0.15) is 0 Å². The van der Waals surface area contributed by atoms with Crippen molar-refractivity contribution < 1.29 is 33.9 Å². The van der Waals surface area contributed by atoms with Gasteiger partial charge in [0.25, 0.3) is 5.90 Å². The molecule has 1 saturated heterocycles. The van der Waals surface area contributed by atoms with Crippen LogP contribution < -0.4 is 15.4 Å². The van der Waals surface area contributed by atoms with Gasteiger partial charge in [0.1, 0.15) is 11.8 Å². The molecule has 1 aromatic carbocycles. The number of ketones is 1. The number of oxime groups is 1. The minimum Gasteiger partial charge on any atom is -0.496 e. The maximum absolute atomic E-state index is 13.1. The first kappa shape index (κ1) is 33.2. The summed E-state index contributed by atoms with van der Waals surface area (Å²) in [5.41, 5.74) is 1.07. The van der Waals surface area contributed by atoms with Crippen LogP contribution in [0.3, 0.4) is 0 Å². The number of amides is 2. The van der Waals surface area contributed by atoms with Crippen molar-refractivity contribution in [2.45, 2.75) is 59.0 Å². The van der Waals surface area contributed by atoms with Gasteiger partial charge in [-0.15, -0.1) is 0 Å². The van der Waals surface area contributed by atoms with E-state index in [1.54, 1.807) is 32.0 Å². The number of benzene rings is 1. The van der Waals surface area contributed by atoms with E-state index in [9.17, 15) is 24.3 Å². The Morgan fingerprint density at radius 1 is 1.15 bits per heavy atom. The van der Waals surface area contributed by atoms with Crippen LogP contribution in [0.1, 0.15) is 51.7 Å². The number of carboxylic acids is 1. The molecule has 2 rings (SSSR count). The largest absolute Gasteiger partial charge is 0.496 e. The van der Waals surface area contributed by atoms with Gasteiger partial charge in [-0.3, -0.25) is 29.1 Å². The standard InChI is InChI=1S/C25H35N5O7.C2H6/c1-15(2)23(24(35)28-18(13-22(33)34)19(31)14-30-9-6-10-30)29-21(32)12-17-11-16(7-8-20(17)36-5)25(26-3)37-27-4;1-2/h7-8,11,15,18,23H,4,6,9-10,12-14H2,1-3,5H3,(H,28,35)(H,29,32)(H,33,34);1-2H3.